The van der Waals surface area contributed by atoms with Gasteiger partial charge in [-0.25, -0.2) is 0 Å². The van der Waals surface area contributed by atoms with Crippen molar-refractivity contribution >= 4 is 31.9 Å². The van der Waals surface area contributed by atoms with Gasteiger partial charge in [-0.15, -0.1) is 0 Å². The molecule has 0 unspecified atom stereocenters. The first-order valence-corrected chi connectivity index (χ1v) is 7.40. The molecule has 1 heterocycles. The van der Waals surface area contributed by atoms with Crippen molar-refractivity contribution < 1.29 is 9.84 Å². The highest BCUT2D eigenvalue weighted by Crippen LogP contribution is 2.34. The molecule has 0 fully saturated rings. The van der Waals surface area contributed by atoms with Crippen molar-refractivity contribution in [3.63, 3.8) is 0 Å². The fraction of sp³-hybridized carbons (Fsp3) is 0.214. The van der Waals surface area contributed by atoms with Crippen LogP contribution in [-0.2, 0) is 13.0 Å². The fourth-order valence-corrected chi connectivity index (χ4v) is 3.17. The van der Waals surface area contributed by atoms with Crippen LogP contribution >= 0.6 is 31.9 Å². The number of halogens is 2. The molecular weight excluding hydrogens is 374 g/mol. The largest absolute Gasteiger partial charge is 0.491 e. The minimum atomic E-state index is 0.00843. The van der Waals surface area contributed by atoms with E-state index in [1.165, 1.54) is 5.56 Å². The van der Waals surface area contributed by atoms with E-state index in [-0.39, 0.29) is 6.61 Å². The second-order valence-electron chi connectivity index (χ2n) is 4.00. The first-order valence-electron chi connectivity index (χ1n) is 5.81. The molecule has 1 aromatic carbocycles. The molecule has 0 saturated carbocycles. The highest BCUT2D eigenvalue weighted by Gasteiger charge is 2.08. The zero-order valence-electron chi connectivity index (χ0n) is 10.1. The summed E-state index contributed by atoms with van der Waals surface area (Å²) >= 11 is 6.90. The molecule has 5 heteroatoms. The van der Waals surface area contributed by atoms with Gasteiger partial charge in [0.2, 0.25) is 0 Å². The van der Waals surface area contributed by atoms with Crippen molar-refractivity contribution in [2.75, 3.05) is 6.61 Å². The number of rotatable bonds is 5. The van der Waals surface area contributed by atoms with E-state index in [4.69, 9.17) is 9.84 Å². The smallest absolute Gasteiger partial charge is 0.147 e. The zero-order chi connectivity index (χ0) is 13.7. The zero-order valence-corrected chi connectivity index (χ0v) is 13.3. The van der Waals surface area contributed by atoms with Crippen LogP contribution in [0.4, 0.5) is 0 Å². The van der Waals surface area contributed by atoms with Crippen molar-refractivity contribution in [1.82, 2.24) is 4.98 Å². The third-order valence-corrected chi connectivity index (χ3v) is 3.81. The number of benzene rings is 1. The average Bonchev–Trinajstić information content (AvgIpc) is 2.42. The number of nitrogens with zero attached hydrogens (tertiary/aromatic N) is 1. The minimum absolute atomic E-state index is 0.00843. The fourth-order valence-electron chi connectivity index (χ4n) is 1.66. The molecule has 0 aliphatic carbocycles. The minimum Gasteiger partial charge on any atom is -0.491 e. The molecule has 0 aliphatic rings. The molecule has 0 amide bonds. The number of aliphatic hydroxyl groups is 1. The average molecular weight is 387 g/mol. The Kier molecular flexibility index (Phi) is 5.36. The Morgan fingerprint density at radius 1 is 1.05 bits per heavy atom. The van der Waals surface area contributed by atoms with Gasteiger partial charge >= 0.3 is 0 Å². The van der Waals surface area contributed by atoms with Crippen LogP contribution in [0.3, 0.4) is 0 Å². The molecule has 3 nitrogen and oxygen atoms in total. The molecule has 0 atom stereocenters. The molecule has 0 aliphatic heterocycles. The molecule has 2 aromatic rings. The predicted octanol–water partition coefficient (Wildman–Crippen LogP) is 3.72. The van der Waals surface area contributed by atoms with Crippen molar-refractivity contribution in [2.24, 2.45) is 0 Å². The Morgan fingerprint density at radius 2 is 1.68 bits per heavy atom. The van der Waals surface area contributed by atoms with Crippen molar-refractivity contribution in [3.8, 4) is 5.75 Å². The summed E-state index contributed by atoms with van der Waals surface area (Å²) in [7, 11) is 0. The second-order valence-corrected chi connectivity index (χ2v) is 5.71. The third-order valence-electron chi connectivity index (χ3n) is 2.63. The maximum atomic E-state index is 9.11. The monoisotopic (exact) mass is 385 g/mol. The van der Waals surface area contributed by atoms with Gasteiger partial charge in [-0.05, 0) is 67.3 Å². The van der Waals surface area contributed by atoms with Crippen LogP contribution in [0.2, 0.25) is 0 Å². The van der Waals surface area contributed by atoms with Crippen LogP contribution in [0, 0.1) is 0 Å². The van der Waals surface area contributed by atoms with Crippen LogP contribution in [0.5, 0.6) is 5.75 Å². The lowest BCUT2D eigenvalue weighted by Gasteiger charge is -2.11. The first-order chi connectivity index (χ1) is 9.20. The number of hydrogen-bond donors (Lipinski definition) is 1. The lowest BCUT2D eigenvalue weighted by Crippen LogP contribution is -2.03. The number of aliphatic hydroxyl groups excluding tert-OH is 1. The van der Waals surface area contributed by atoms with Crippen molar-refractivity contribution in [2.45, 2.75) is 13.0 Å². The van der Waals surface area contributed by atoms with Crippen LogP contribution in [0.1, 0.15) is 11.1 Å². The molecule has 1 aromatic heterocycles. The quantitative estimate of drug-likeness (QED) is 0.851. The molecule has 0 saturated heterocycles. The Balaban J connectivity index is 2.00. The van der Waals surface area contributed by atoms with Gasteiger partial charge in [0.15, 0.2) is 0 Å². The molecule has 1 N–H and O–H groups in total. The third kappa shape index (κ3) is 4.03. The van der Waals surface area contributed by atoms with Crippen LogP contribution in [-0.4, -0.2) is 16.7 Å². The van der Waals surface area contributed by atoms with E-state index < -0.39 is 0 Å². The molecule has 0 bridgehead atoms. The van der Waals surface area contributed by atoms with Crippen molar-refractivity contribution in [3.05, 3.63) is 56.7 Å². The van der Waals surface area contributed by atoms with Gasteiger partial charge in [0.05, 0.1) is 22.2 Å². The molecule has 19 heavy (non-hydrogen) atoms. The molecule has 100 valence electrons. The lowest BCUT2D eigenvalue weighted by molar-refractivity contribution is 0.281. The number of aromatic nitrogens is 1. The van der Waals surface area contributed by atoms with Gasteiger partial charge in [0.1, 0.15) is 5.75 Å². The van der Waals surface area contributed by atoms with Gasteiger partial charge < -0.3 is 9.84 Å². The van der Waals surface area contributed by atoms with E-state index in [1.807, 2.05) is 24.3 Å². The van der Waals surface area contributed by atoms with Gasteiger partial charge in [-0.2, -0.15) is 0 Å². The second kappa shape index (κ2) is 7.03. The Labute approximate surface area is 128 Å². The standard InChI is InChI=1S/C14H13Br2NO2/c15-12-7-11(9-18)8-13(16)14(12)19-6-3-10-1-4-17-5-2-10/h1-2,4-5,7-8,18H,3,6,9H2. The summed E-state index contributed by atoms with van der Waals surface area (Å²) in [6.45, 7) is 0.591. The highest BCUT2D eigenvalue weighted by atomic mass is 79.9. The van der Waals surface area contributed by atoms with E-state index in [1.54, 1.807) is 12.4 Å². The summed E-state index contributed by atoms with van der Waals surface area (Å²) in [5, 5.41) is 9.11. The summed E-state index contributed by atoms with van der Waals surface area (Å²) in [5.74, 6) is 0.756. The highest BCUT2D eigenvalue weighted by molar-refractivity contribution is 9.11. The SMILES string of the molecule is OCc1cc(Br)c(OCCc2ccncc2)c(Br)c1. The Hall–Kier alpha value is -0.910. The molecular formula is C14H13Br2NO2. The van der Waals surface area contributed by atoms with Gasteiger partial charge in [-0.3, -0.25) is 4.98 Å². The first kappa shape index (κ1) is 14.5. The number of pyridine rings is 1. The number of ether oxygens (including phenoxy) is 1. The lowest BCUT2D eigenvalue weighted by atomic mass is 10.2. The van der Waals surface area contributed by atoms with Crippen LogP contribution < -0.4 is 4.74 Å². The van der Waals surface area contributed by atoms with Crippen molar-refractivity contribution in [1.29, 1.82) is 0 Å². The Bertz CT molecular complexity index is 523. The molecule has 0 spiro atoms. The summed E-state index contributed by atoms with van der Waals surface area (Å²) in [4.78, 5) is 3.98. The Morgan fingerprint density at radius 3 is 2.26 bits per heavy atom. The van der Waals surface area contributed by atoms with Gasteiger partial charge in [-0.1, -0.05) is 0 Å². The summed E-state index contributed by atoms with van der Waals surface area (Å²) < 4.78 is 7.44. The summed E-state index contributed by atoms with van der Waals surface area (Å²) in [5.41, 5.74) is 2.02. The van der Waals surface area contributed by atoms with Crippen LogP contribution in [0.15, 0.2) is 45.6 Å². The summed E-state index contributed by atoms with van der Waals surface area (Å²) in [6, 6.07) is 7.66. The predicted molar refractivity (Wildman–Crippen MR) is 81.2 cm³/mol. The van der Waals surface area contributed by atoms with E-state index in [0.717, 1.165) is 26.7 Å². The molecule has 2 rings (SSSR count). The van der Waals surface area contributed by atoms with Crippen LogP contribution in [0.25, 0.3) is 0 Å². The van der Waals surface area contributed by atoms with E-state index in [2.05, 4.69) is 36.8 Å². The van der Waals surface area contributed by atoms with Gasteiger partial charge in [0, 0.05) is 18.8 Å². The topological polar surface area (TPSA) is 42.4 Å². The normalized spacial score (nSPS) is 10.5. The van der Waals surface area contributed by atoms with Gasteiger partial charge in [0.25, 0.3) is 0 Å². The maximum Gasteiger partial charge on any atom is 0.147 e. The number of hydrogen-bond acceptors (Lipinski definition) is 3. The molecule has 0 radical (unpaired) electrons. The summed E-state index contributed by atoms with van der Waals surface area (Å²) in [6.07, 6.45) is 4.37. The van der Waals surface area contributed by atoms with E-state index in [0.29, 0.717) is 6.61 Å². The van der Waals surface area contributed by atoms with E-state index in [9.17, 15) is 0 Å². The maximum absolute atomic E-state index is 9.11. The van der Waals surface area contributed by atoms with E-state index >= 15 is 0 Å².